The van der Waals surface area contributed by atoms with Crippen molar-refractivity contribution in [1.82, 2.24) is 19.5 Å². The lowest BCUT2D eigenvalue weighted by Gasteiger charge is -2.23. The Morgan fingerprint density at radius 1 is 1.13 bits per heavy atom. The fourth-order valence-corrected chi connectivity index (χ4v) is 2.81. The third-order valence-corrected chi connectivity index (χ3v) is 3.81. The number of pyridine rings is 2. The van der Waals surface area contributed by atoms with Crippen molar-refractivity contribution in [3.05, 3.63) is 60.8 Å². The van der Waals surface area contributed by atoms with E-state index in [0.29, 0.717) is 11.7 Å². The summed E-state index contributed by atoms with van der Waals surface area (Å²) in [5, 5.41) is 0. The molecule has 5 heteroatoms. The second kappa shape index (κ2) is 6.60. The van der Waals surface area contributed by atoms with E-state index >= 15 is 0 Å². The van der Waals surface area contributed by atoms with Gasteiger partial charge in [-0.2, -0.15) is 0 Å². The summed E-state index contributed by atoms with van der Waals surface area (Å²) >= 11 is 0. The highest BCUT2D eigenvalue weighted by Gasteiger charge is 2.19. The lowest BCUT2D eigenvalue weighted by atomic mass is 9.97. The molecule has 0 saturated carbocycles. The second-order valence-corrected chi connectivity index (χ2v) is 6.06. The van der Waals surface area contributed by atoms with Crippen LogP contribution in [0.5, 0.6) is 0 Å². The number of hydrogen-bond donors (Lipinski definition) is 1. The number of anilines is 1. The first-order valence-electron chi connectivity index (χ1n) is 7.80. The minimum atomic E-state index is 0.190. The van der Waals surface area contributed by atoms with Crippen LogP contribution < -0.4 is 5.73 Å². The van der Waals surface area contributed by atoms with Crippen molar-refractivity contribution < 1.29 is 0 Å². The number of imidazole rings is 1. The van der Waals surface area contributed by atoms with Crippen LogP contribution in [-0.4, -0.2) is 19.5 Å². The van der Waals surface area contributed by atoms with Crippen molar-refractivity contribution >= 4 is 5.82 Å². The maximum Gasteiger partial charge on any atom is 0.140 e. The molecule has 0 bridgehead atoms. The molecule has 0 amide bonds. The van der Waals surface area contributed by atoms with E-state index in [-0.39, 0.29) is 6.04 Å². The van der Waals surface area contributed by atoms with E-state index in [4.69, 9.17) is 5.73 Å². The van der Waals surface area contributed by atoms with Crippen LogP contribution in [0.1, 0.15) is 31.9 Å². The van der Waals surface area contributed by atoms with Gasteiger partial charge in [-0.25, -0.2) is 9.97 Å². The van der Waals surface area contributed by atoms with Crippen molar-refractivity contribution in [3.63, 3.8) is 0 Å². The van der Waals surface area contributed by atoms with E-state index < -0.39 is 0 Å². The first kappa shape index (κ1) is 15.2. The summed E-state index contributed by atoms with van der Waals surface area (Å²) in [7, 11) is 0. The average Bonchev–Trinajstić information content (AvgIpc) is 3.02. The largest absolute Gasteiger partial charge is 0.384 e. The molecule has 1 atom stereocenters. The highest BCUT2D eigenvalue weighted by molar-refractivity contribution is 5.59. The van der Waals surface area contributed by atoms with Gasteiger partial charge in [-0.3, -0.25) is 4.98 Å². The third kappa shape index (κ3) is 3.39. The van der Waals surface area contributed by atoms with Crippen LogP contribution in [0.2, 0.25) is 0 Å². The molecular weight excluding hydrogens is 286 g/mol. The van der Waals surface area contributed by atoms with Crippen LogP contribution in [0.15, 0.2) is 55.2 Å². The van der Waals surface area contributed by atoms with Gasteiger partial charge < -0.3 is 10.3 Å². The fourth-order valence-electron chi connectivity index (χ4n) is 2.81. The van der Waals surface area contributed by atoms with Gasteiger partial charge in [-0.1, -0.05) is 19.9 Å². The highest BCUT2D eigenvalue weighted by Crippen LogP contribution is 2.30. The highest BCUT2D eigenvalue weighted by atomic mass is 15.1. The molecule has 2 N–H and O–H groups in total. The van der Waals surface area contributed by atoms with E-state index in [0.717, 1.165) is 17.8 Å². The minimum Gasteiger partial charge on any atom is -0.384 e. The first-order valence-corrected chi connectivity index (χ1v) is 7.80. The van der Waals surface area contributed by atoms with E-state index in [1.807, 2.05) is 36.8 Å². The Morgan fingerprint density at radius 3 is 2.70 bits per heavy atom. The maximum atomic E-state index is 5.82. The second-order valence-electron chi connectivity index (χ2n) is 6.06. The van der Waals surface area contributed by atoms with Gasteiger partial charge in [0.1, 0.15) is 11.6 Å². The summed E-state index contributed by atoms with van der Waals surface area (Å²) in [6, 6.07) is 8.07. The van der Waals surface area contributed by atoms with E-state index in [1.165, 1.54) is 5.56 Å². The van der Waals surface area contributed by atoms with Crippen molar-refractivity contribution in [1.29, 1.82) is 0 Å². The summed E-state index contributed by atoms with van der Waals surface area (Å²) in [6.07, 6.45) is 10.3. The van der Waals surface area contributed by atoms with Gasteiger partial charge in [-0.15, -0.1) is 0 Å². The lowest BCUT2D eigenvalue weighted by molar-refractivity contribution is 0.453. The molecule has 0 spiro atoms. The number of nitrogens with zero attached hydrogens (tertiary/aromatic N) is 4. The minimum absolute atomic E-state index is 0.190. The molecule has 118 valence electrons. The molecule has 0 fully saturated rings. The zero-order valence-electron chi connectivity index (χ0n) is 13.4. The average molecular weight is 307 g/mol. The van der Waals surface area contributed by atoms with Crippen LogP contribution >= 0.6 is 0 Å². The van der Waals surface area contributed by atoms with Crippen LogP contribution in [0.4, 0.5) is 5.82 Å². The molecule has 23 heavy (non-hydrogen) atoms. The molecule has 0 aromatic carbocycles. The Labute approximate surface area is 136 Å². The molecule has 3 aromatic rings. The zero-order valence-corrected chi connectivity index (χ0v) is 13.4. The van der Waals surface area contributed by atoms with Crippen molar-refractivity contribution in [2.45, 2.75) is 26.3 Å². The summed E-state index contributed by atoms with van der Waals surface area (Å²) in [6.45, 7) is 4.45. The van der Waals surface area contributed by atoms with Gasteiger partial charge in [0.25, 0.3) is 0 Å². The van der Waals surface area contributed by atoms with E-state index in [9.17, 15) is 0 Å². The number of rotatable bonds is 5. The Morgan fingerprint density at radius 2 is 2.00 bits per heavy atom. The fraction of sp³-hybridized carbons (Fsp3) is 0.278. The van der Waals surface area contributed by atoms with E-state index in [2.05, 4.69) is 39.4 Å². The summed E-state index contributed by atoms with van der Waals surface area (Å²) in [4.78, 5) is 12.9. The van der Waals surface area contributed by atoms with Gasteiger partial charge in [-0.05, 0) is 36.1 Å². The van der Waals surface area contributed by atoms with Gasteiger partial charge in [0.2, 0.25) is 0 Å². The number of hydrogen-bond acceptors (Lipinski definition) is 4. The van der Waals surface area contributed by atoms with Crippen LogP contribution in [-0.2, 0) is 0 Å². The number of nitrogen functional groups attached to an aromatic ring is 1. The summed E-state index contributed by atoms with van der Waals surface area (Å²) in [5.41, 5.74) is 7.98. The Hall–Kier alpha value is -2.69. The molecule has 0 aliphatic carbocycles. The Bertz CT molecular complexity index is 764. The SMILES string of the molecule is CC(C)CC(c1cccnc1)n1ccnc1-c1ccnc(N)c1. The van der Waals surface area contributed by atoms with Gasteiger partial charge in [0.15, 0.2) is 0 Å². The van der Waals surface area contributed by atoms with Gasteiger partial charge in [0, 0.05) is 36.5 Å². The maximum absolute atomic E-state index is 5.82. The molecule has 3 heterocycles. The quantitative estimate of drug-likeness (QED) is 0.782. The zero-order chi connectivity index (χ0) is 16.2. The first-order chi connectivity index (χ1) is 11.1. The van der Waals surface area contributed by atoms with Crippen molar-refractivity contribution in [3.8, 4) is 11.4 Å². The monoisotopic (exact) mass is 307 g/mol. The van der Waals surface area contributed by atoms with E-state index in [1.54, 1.807) is 12.4 Å². The molecule has 0 aliphatic heterocycles. The summed E-state index contributed by atoms with van der Waals surface area (Å²) < 4.78 is 2.20. The molecule has 0 aliphatic rings. The Kier molecular flexibility index (Phi) is 4.37. The topological polar surface area (TPSA) is 69.6 Å². The van der Waals surface area contributed by atoms with Crippen LogP contribution in [0.3, 0.4) is 0 Å². The lowest BCUT2D eigenvalue weighted by Crippen LogP contribution is -2.14. The molecule has 5 nitrogen and oxygen atoms in total. The van der Waals surface area contributed by atoms with Crippen molar-refractivity contribution in [2.24, 2.45) is 5.92 Å². The normalized spacial score (nSPS) is 12.5. The molecule has 0 saturated heterocycles. The number of nitrogens with two attached hydrogens (primary N) is 1. The predicted octanol–water partition coefficient (Wildman–Crippen LogP) is 3.56. The molecule has 1 unspecified atom stereocenters. The molecular formula is C18H21N5. The third-order valence-electron chi connectivity index (χ3n) is 3.81. The number of aromatic nitrogens is 4. The predicted molar refractivity (Wildman–Crippen MR) is 91.7 cm³/mol. The Balaban J connectivity index is 2.06. The van der Waals surface area contributed by atoms with Crippen LogP contribution in [0.25, 0.3) is 11.4 Å². The van der Waals surface area contributed by atoms with Gasteiger partial charge in [0.05, 0.1) is 6.04 Å². The summed E-state index contributed by atoms with van der Waals surface area (Å²) in [5.74, 6) is 1.95. The van der Waals surface area contributed by atoms with Crippen molar-refractivity contribution in [2.75, 3.05) is 5.73 Å². The molecule has 0 radical (unpaired) electrons. The molecule has 3 rings (SSSR count). The van der Waals surface area contributed by atoms with Crippen LogP contribution in [0, 0.1) is 5.92 Å². The van der Waals surface area contributed by atoms with Gasteiger partial charge >= 0.3 is 0 Å². The smallest absolute Gasteiger partial charge is 0.140 e. The molecule has 3 aromatic heterocycles. The standard InChI is InChI=1S/C18H21N5/c1-13(2)10-16(15-4-3-6-20-12-15)23-9-8-22-18(23)14-5-7-21-17(19)11-14/h3-9,11-13,16H,10H2,1-2H3,(H2,19,21).